The van der Waals surface area contributed by atoms with Crippen LogP contribution in [0.2, 0.25) is 4.34 Å². The van der Waals surface area contributed by atoms with Gasteiger partial charge in [0.05, 0.1) is 10.4 Å². The van der Waals surface area contributed by atoms with Gasteiger partial charge in [0.25, 0.3) is 10.0 Å². The lowest BCUT2D eigenvalue weighted by Gasteiger charge is -2.37. The van der Waals surface area contributed by atoms with Gasteiger partial charge in [-0.15, -0.1) is 11.3 Å². The topological polar surface area (TPSA) is 60.9 Å². The van der Waals surface area contributed by atoms with Gasteiger partial charge in [-0.1, -0.05) is 23.7 Å². The first-order valence-corrected chi connectivity index (χ1v) is 11.8. The van der Waals surface area contributed by atoms with Crippen LogP contribution in [0, 0.1) is 5.82 Å². The van der Waals surface area contributed by atoms with Crippen LogP contribution in [0.25, 0.3) is 0 Å². The summed E-state index contributed by atoms with van der Waals surface area (Å²) in [5.41, 5.74) is 0.721. The van der Waals surface area contributed by atoms with Crippen LogP contribution in [0.5, 0.6) is 0 Å². The van der Waals surface area contributed by atoms with E-state index in [2.05, 4.69) is 0 Å². The second-order valence-electron chi connectivity index (χ2n) is 7.00. The fourth-order valence-corrected chi connectivity index (χ4v) is 6.42. The Bertz CT molecular complexity index is 975. The summed E-state index contributed by atoms with van der Waals surface area (Å²) in [6.45, 7) is 3.66. The van der Waals surface area contributed by atoms with Crippen LogP contribution in [-0.4, -0.2) is 67.7 Å². The van der Waals surface area contributed by atoms with Crippen molar-refractivity contribution in [3.8, 4) is 0 Å². The first-order valence-electron chi connectivity index (χ1n) is 9.17. The molecule has 2 heterocycles. The molecule has 158 valence electrons. The number of hydrogen-bond donors (Lipinski definition) is 0. The van der Waals surface area contributed by atoms with Crippen LogP contribution in [0.1, 0.15) is 12.5 Å². The van der Waals surface area contributed by atoms with Crippen LogP contribution in [-0.2, 0) is 21.4 Å². The minimum atomic E-state index is -3.56. The molecule has 0 unspecified atom stereocenters. The summed E-state index contributed by atoms with van der Waals surface area (Å²) in [5, 5.41) is 0. The average Bonchev–Trinajstić information content (AvgIpc) is 3.14. The summed E-state index contributed by atoms with van der Waals surface area (Å²) in [6, 6.07) is 8.87. The van der Waals surface area contributed by atoms with E-state index in [4.69, 9.17) is 11.6 Å². The van der Waals surface area contributed by atoms with Gasteiger partial charge in [0, 0.05) is 39.8 Å². The van der Waals surface area contributed by atoms with Crippen molar-refractivity contribution in [3.05, 3.63) is 52.1 Å². The molecule has 1 aromatic heterocycles. The molecule has 0 spiro atoms. The van der Waals surface area contributed by atoms with Crippen LogP contribution >= 0.6 is 22.9 Å². The first-order chi connectivity index (χ1) is 13.7. The SMILES string of the molecule is C[C@H](C(=O)N(C)Cc1cccc(F)c1)N1CCN(S(=O)(=O)c2ccc(Cl)s2)CC1. The zero-order valence-electron chi connectivity index (χ0n) is 16.2. The largest absolute Gasteiger partial charge is 0.340 e. The maximum atomic E-state index is 13.4. The molecular weight excluding hydrogens is 437 g/mol. The molecular formula is C19H23ClFN3O3S2. The summed E-state index contributed by atoms with van der Waals surface area (Å²) in [5.74, 6) is -0.420. The molecule has 6 nitrogen and oxygen atoms in total. The zero-order valence-corrected chi connectivity index (χ0v) is 18.6. The molecule has 2 aromatic rings. The summed E-state index contributed by atoms with van der Waals surface area (Å²) in [6.07, 6.45) is 0. The van der Waals surface area contributed by atoms with E-state index >= 15 is 0 Å². The lowest BCUT2D eigenvalue weighted by atomic mass is 10.1. The normalized spacial score (nSPS) is 17.2. The Hall–Kier alpha value is -1.52. The van der Waals surface area contributed by atoms with Crippen molar-refractivity contribution in [2.75, 3.05) is 33.2 Å². The molecule has 1 aliphatic heterocycles. The van der Waals surface area contributed by atoms with Gasteiger partial charge in [0.15, 0.2) is 0 Å². The molecule has 1 saturated heterocycles. The Morgan fingerprint density at radius 2 is 1.93 bits per heavy atom. The van der Waals surface area contributed by atoms with Crippen molar-refractivity contribution in [2.45, 2.75) is 23.7 Å². The summed E-state index contributed by atoms with van der Waals surface area (Å²) in [7, 11) is -1.88. The standard InChI is InChI=1S/C19H23ClFN3O3S2/c1-14(19(25)22(2)13-15-4-3-5-16(21)12-15)23-8-10-24(11-9-23)29(26,27)18-7-6-17(20)28-18/h3-7,12,14H,8-11,13H2,1-2H3/t14-/m1/s1. The average molecular weight is 460 g/mol. The summed E-state index contributed by atoms with van der Waals surface area (Å²) >= 11 is 6.91. The highest BCUT2D eigenvalue weighted by molar-refractivity contribution is 7.91. The third-order valence-electron chi connectivity index (χ3n) is 5.01. The molecule has 1 fully saturated rings. The number of benzene rings is 1. The van der Waals surface area contributed by atoms with Crippen molar-refractivity contribution in [1.82, 2.24) is 14.1 Å². The summed E-state index contributed by atoms with van der Waals surface area (Å²) in [4.78, 5) is 16.3. The molecule has 0 saturated carbocycles. The number of thiophene rings is 1. The van der Waals surface area contributed by atoms with Gasteiger partial charge in [-0.25, -0.2) is 12.8 Å². The summed E-state index contributed by atoms with van der Waals surface area (Å²) < 4.78 is 40.9. The van der Waals surface area contributed by atoms with Crippen molar-refractivity contribution in [2.24, 2.45) is 0 Å². The predicted molar refractivity (Wildman–Crippen MR) is 112 cm³/mol. The number of amides is 1. The number of halogens is 2. The Morgan fingerprint density at radius 1 is 1.24 bits per heavy atom. The van der Waals surface area contributed by atoms with Crippen molar-refractivity contribution in [1.29, 1.82) is 0 Å². The van der Waals surface area contributed by atoms with E-state index in [9.17, 15) is 17.6 Å². The van der Waals surface area contributed by atoms with E-state index in [1.54, 1.807) is 30.1 Å². The minimum Gasteiger partial charge on any atom is -0.340 e. The van der Waals surface area contributed by atoms with E-state index in [-0.39, 0.29) is 15.9 Å². The fraction of sp³-hybridized carbons (Fsp3) is 0.421. The lowest BCUT2D eigenvalue weighted by molar-refractivity contribution is -0.136. The molecule has 0 bridgehead atoms. The van der Waals surface area contributed by atoms with E-state index in [1.165, 1.54) is 22.5 Å². The third kappa shape index (κ3) is 5.16. The molecule has 0 aliphatic carbocycles. The molecule has 1 amide bonds. The van der Waals surface area contributed by atoms with Crippen molar-refractivity contribution in [3.63, 3.8) is 0 Å². The van der Waals surface area contributed by atoms with E-state index in [1.807, 2.05) is 11.8 Å². The van der Waals surface area contributed by atoms with Gasteiger partial charge in [0.1, 0.15) is 10.0 Å². The van der Waals surface area contributed by atoms with Gasteiger partial charge in [-0.2, -0.15) is 4.31 Å². The van der Waals surface area contributed by atoms with E-state index in [0.29, 0.717) is 37.1 Å². The second-order valence-corrected chi connectivity index (χ2v) is 10.9. The maximum absolute atomic E-state index is 13.4. The quantitative estimate of drug-likeness (QED) is 0.666. The van der Waals surface area contributed by atoms with Crippen LogP contribution < -0.4 is 0 Å². The highest BCUT2D eigenvalue weighted by Gasteiger charge is 2.33. The van der Waals surface area contributed by atoms with E-state index in [0.717, 1.165) is 16.9 Å². The number of piperazine rings is 1. The fourth-order valence-electron chi connectivity index (χ4n) is 3.36. The number of carbonyl (C=O) groups excluding carboxylic acids is 1. The minimum absolute atomic E-state index is 0.0874. The monoisotopic (exact) mass is 459 g/mol. The van der Waals surface area contributed by atoms with Gasteiger partial charge in [0.2, 0.25) is 5.91 Å². The van der Waals surface area contributed by atoms with Gasteiger partial charge in [-0.05, 0) is 36.8 Å². The number of carbonyl (C=O) groups is 1. The predicted octanol–water partition coefficient (Wildman–Crippen LogP) is 2.89. The van der Waals surface area contributed by atoms with Gasteiger partial charge < -0.3 is 4.90 Å². The number of likely N-dealkylation sites (N-methyl/N-ethyl adjacent to an activating group) is 1. The van der Waals surface area contributed by atoms with Gasteiger partial charge in [-0.3, -0.25) is 9.69 Å². The van der Waals surface area contributed by atoms with E-state index < -0.39 is 16.1 Å². The molecule has 1 aromatic carbocycles. The maximum Gasteiger partial charge on any atom is 0.252 e. The molecule has 0 radical (unpaired) electrons. The Balaban J connectivity index is 1.57. The Morgan fingerprint density at radius 3 is 2.52 bits per heavy atom. The van der Waals surface area contributed by atoms with Gasteiger partial charge >= 0.3 is 0 Å². The molecule has 29 heavy (non-hydrogen) atoms. The van der Waals surface area contributed by atoms with Crippen molar-refractivity contribution < 1.29 is 17.6 Å². The highest BCUT2D eigenvalue weighted by Crippen LogP contribution is 2.28. The zero-order chi connectivity index (χ0) is 21.2. The smallest absolute Gasteiger partial charge is 0.252 e. The second kappa shape index (κ2) is 9.09. The number of rotatable bonds is 6. The van der Waals surface area contributed by atoms with Crippen molar-refractivity contribution >= 4 is 38.9 Å². The van der Waals surface area contributed by atoms with Crippen LogP contribution in [0.4, 0.5) is 4.39 Å². The number of hydrogen-bond acceptors (Lipinski definition) is 5. The molecule has 1 atom stereocenters. The molecule has 10 heteroatoms. The molecule has 1 aliphatic rings. The third-order valence-corrected chi connectivity index (χ3v) is 8.60. The molecule has 0 N–H and O–H groups in total. The highest BCUT2D eigenvalue weighted by atomic mass is 35.5. The number of sulfonamides is 1. The van der Waals surface area contributed by atoms with Crippen LogP contribution in [0.3, 0.4) is 0 Å². The first kappa shape index (κ1) is 22.2. The lowest BCUT2D eigenvalue weighted by Crippen LogP contribution is -2.54. The molecule has 3 rings (SSSR count). The number of nitrogens with zero attached hydrogens (tertiary/aromatic N) is 3. The Labute approximate surface area is 179 Å². The Kier molecular flexibility index (Phi) is 6.95. The van der Waals surface area contributed by atoms with Crippen LogP contribution in [0.15, 0.2) is 40.6 Å².